The van der Waals surface area contributed by atoms with Crippen molar-refractivity contribution in [2.45, 2.75) is 19.9 Å². The summed E-state index contributed by atoms with van der Waals surface area (Å²) in [6.45, 7) is 2.81. The minimum absolute atomic E-state index is 0.383. The number of hydrogen-bond donors (Lipinski definition) is 2. The van der Waals surface area contributed by atoms with Crippen LogP contribution in [0.4, 0.5) is 10.8 Å². The van der Waals surface area contributed by atoms with Crippen molar-refractivity contribution in [3.8, 4) is 17.1 Å². The molecule has 0 spiro atoms. The summed E-state index contributed by atoms with van der Waals surface area (Å²) in [6.07, 6.45) is 3.65. The Morgan fingerprint density at radius 3 is 2.86 bits per heavy atom. The second-order valence-corrected chi connectivity index (χ2v) is 9.76. The fourth-order valence-corrected chi connectivity index (χ4v) is 5.06. The molecule has 0 radical (unpaired) electrons. The highest BCUT2D eigenvalue weighted by Gasteiger charge is 2.26. The summed E-state index contributed by atoms with van der Waals surface area (Å²) in [5, 5.41) is 4.04. The molecule has 0 bridgehead atoms. The topological polar surface area (TPSA) is 100 Å². The molecule has 28 heavy (non-hydrogen) atoms. The van der Waals surface area contributed by atoms with Gasteiger partial charge in [-0.05, 0) is 19.1 Å². The second-order valence-electron chi connectivity index (χ2n) is 6.69. The van der Waals surface area contributed by atoms with Crippen LogP contribution >= 0.6 is 11.3 Å². The van der Waals surface area contributed by atoms with Crippen molar-refractivity contribution in [2.75, 3.05) is 25.2 Å². The first kappa shape index (κ1) is 18.9. The predicted molar refractivity (Wildman–Crippen MR) is 110 cm³/mol. The van der Waals surface area contributed by atoms with Gasteiger partial charge in [0.1, 0.15) is 11.6 Å². The van der Waals surface area contributed by atoms with E-state index in [0.29, 0.717) is 25.3 Å². The molecule has 8 nitrogen and oxygen atoms in total. The van der Waals surface area contributed by atoms with Crippen LogP contribution in [0.25, 0.3) is 11.4 Å². The number of ether oxygens (including phenoxy) is 1. The van der Waals surface area contributed by atoms with E-state index in [-0.39, 0.29) is 0 Å². The van der Waals surface area contributed by atoms with Crippen LogP contribution < -0.4 is 10.1 Å². The third-order valence-electron chi connectivity index (χ3n) is 4.58. The van der Waals surface area contributed by atoms with Gasteiger partial charge in [0, 0.05) is 48.0 Å². The van der Waals surface area contributed by atoms with E-state index >= 15 is 0 Å². The van der Waals surface area contributed by atoms with E-state index in [4.69, 9.17) is 4.74 Å². The number of aromatic nitrogens is 3. The lowest BCUT2D eigenvalue weighted by atomic mass is 10.1. The first-order valence-electron chi connectivity index (χ1n) is 8.74. The Bertz CT molecular complexity index is 1120. The van der Waals surface area contributed by atoms with E-state index < -0.39 is 10.0 Å². The lowest BCUT2D eigenvalue weighted by Gasteiger charge is -2.23. The minimum atomic E-state index is -3.19. The molecule has 1 aliphatic heterocycles. The average Bonchev–Trinajstić information content (AvgIpc) is 3.25. The van der Waals surface area contributed by atoms with Crippen molar-refractivity contribution in [1.29, 1.82) is 0 Å². The van der Waals surface area contributed by atoms with E-state index in [2.05, 4.69) is 20.3 Å². The van der Waals surface area contributed by atoms with Gasteiger partial charge < -0.3 is 15.0 Å². The molecule has 1 aromatic carbocycles. The number of anilines is 2. The summed E-state index contributed by atoms with van der Waals surface area (Å²) < 4.78 is 30.6. The molecule has 0 atom stereocenters. The molecular formula is C18H21N5O3S2. The van der Waals surface area contributed by atoms with Crippen LogP contribution in [-0.2, 0) is 23.0 Å². The molecule has 0 aliphatic carbocycles. The number of sulfonamides is 1. The second kappa shape index (κ2) is 7.19. The lowest BCUT2D eigenvalue weighted by Crippen LogP contribution is -2.34. The van der Waals surface area contributed by atoms with Gasteiger partial charge in [0.05, 0.1) is 24.6 Å². The first-order chi connectivity index (χ1) is 13.3. The van der Waals surface area contributed by atoms with Gasteiger partial charge in [-0.25, -0.2) is 18.4 Å². The number of thiazole rings is 1. The first-order valence-corrected chi connectivity index (χ1v) is 11.4. The fourth-order valence-electron chi connectivity index (χ4n) is 3.15. The molecule has 1 aliphatic rings. The van der Waals surface area contributed by atoms with Crippen LogP contribution in [0.15, 0.2) is 24.4 Å². The SMILES string of the molecule is COc1cc(Nc2nc3c(s2)CN(S(C)(=O)=O)CC3)ccc1-c1ncc(C)[nH]1. The lowest BCUT2D eigenvalue weighted by molar-refractivity contribution is 0.396. The van der Waals surface area contributed by atoms with Crippen molar-refractivity contribution in [2.24, 2.45) is 0 Å². The van der Waals surface area contributed by atoms with Gasteiger partial charge in [-0.1, -0.05) is 0 Å². The molecule has 148 valence electrons. The van der Waals surface area contributed by atoms with Gasteiger partial charge >= 0.3 is 0 Å². The summed E-state index contributed by atoms with van der Waals surface area (Å²) >= 11 is 1.48. The Kier molecular flexibility index (Phi) is 4.86. The van der Waals surface area contributed by atoms with Gasteiger partial charge in [0.2, 0.25) is 10.0 Å². The standard InChI is InChI=1S/C18H21N5O3S2/c1-11-9-19-17(20-11)13-5-4-12(8-15(13)26-2)21-18-22-14-6-7-23(28(3,24)25)10-16(14)27-18/h4-5,8-9H,6-7,10H2,1-3H3,(H,19,20)(H,21,22). The van der Waals surface area contributed by atoms with E-state index in [0.717, 1.165) is 38.5 Å². The maximum absolute atomic E-state index is 11.8. The monoisotopic (exact) mass is 419 g/mol. The molecule has 4 rings (SSSR count). The quantitative estimate of drug-likeness (QED) is 0.660. The normalized spacial score (nSPS) is 14.7. The van der Waals surface area contributed by atoms with Crippen molar-refractivity contribution in [3.63, 3.8) is 0 Å². The van der Waals surface area contributed by atoms with Crippen LogP contribution in [0.2, 0.25) is 0 Å². The van der Waals surface area contributed by atoms with Gasteiger partial charge in [-0.2, -0.15) is 4.31 Å². The van der Waals surface area contributed by atoms with Gasteiger partial charge in [-0.15, -0.1) is 11.3 Å². The van der Waals surface area contributed by atoms with Gasteiger partial charge in [0.25, 0.3) is 0 Å². The zero-order valence-corrected chi connectivity index (χ0v) is 17.4. The Labute approximate surface area is 167 Å². The fraction of sp³-hybridized carbons (Fsp3) is 0.333. The van der Waals surface area contributed by atoms with E-state index in [1.807, 2.05) is 25.1 Å². The third-order valence-corrected chi connectivity index (χ3v) is 6.82. The van der Waals surface area contributed by atoms with Gasteiger partial charge in [-0.3, -0.25) is 0 Å². The molecule has 10 heteroatoms. The largest absolute Gasteiger partial charge is 0.496 e. The smallest absolute Gasteiger partial charge is 0.211 e. The highest BCUT2D eigenvalue weighted by atomic mass is 32.2. The Balaban J connectivity index is 1.56. The molecule has 0 saturated heterocycles. The van der Waals surface area contributed by atoms with Crippen molar-refractivity contribution < 1.29 is 13.2 Å². The summed E-state index contributed by atoms with van der Waals surface area (Å²) in [4.78, 5) is 13.2. The highest BCUT2D eigenvalue weighted by Crippen LogP contribution is 2.34. The number of methoxy groups -OCH3 is 1. The number of imidazole rings is 1. The molecule has 3 heterocycles. The number of nitrogens with zero attached hydrogens (tertiary/aromatic N) is 3. The Hall–Kier alpha value is -2.43. The number of fused-ring (bicyclic) bond motifs is 1. The average molecular weight is 420 g/mol. The van der Waals surface area contributed by atoms with E-state index in [1.54, 1.807) is 13.3 Å². The number of benzene rings is 1. The van der Waals surface area contributed by atoms with Crippen LogP contribution in [0, 0.1) is 6.92 Å². The Morgan fingerprint density at radius 1 is 1.36 bits per heavy atom. The molecule has 0 unspecified atom stereocenters. The summed E-state index contributed by atoms with van der Waals surface area (Å²) in [5.74, 6) is 1.45. The number of H-pyrrole nitrogens is 1. The maximum atomic E-state index is 11.8. The third kappa shape index (κ3) is 3.75. The van der Waals surface area contributed by atoms with E-state index in [9.17, 15) is 8.42 Å². The highest BCUT2D eigenvalue weighted by molar-refractivity contribution is 7.88. The van der Waals surface area contributed by atoms with Crippen LogP contribution in [0.5, 0.6) is 5.75 Å². The molecule has 2 aromatic heterocycles. The number of rotatable bonds is 5. The van der Waals surface area contributed by atoms with Crippen LogP contribution in [0.3, 0.4) is 0 Å². The zero-order chi connectivity index (χ0) is 19.9. The number of aryl methyl sites for hydroxylation is 1. The van der Waals surface area contributed by atoms with Crippen LogP contribution in [-0.4, -0.2) is 47.6 Å². The number of aromatic amines is 1. The summed E-state index contributed by atoms with van der Waals surface area (Å²) in [6, 6.07) is 5.79. The maximum Gasteiger partial charge on any atom is 0.211 e. The summed E-state index contributed by atoms with van der Waals surface area (Å²) in [7, 11) is -1.56. The molecule has 0 saturated carbocycles. The van der Waals surface area contributed by atoms with Crippen molar-refractivity contribution in [1.82, 2.24) is 19.3 Å². The van der Waals surface area contributed by atoms with E-state index in [1.165, 1.54) is 21.9 Å². The Morgan fingerprint density at radius 2 is 2.18 bits per heavy atom. The molecular weight excluding hydrogens is 398 g/mol. The number of hydrogen-bond acceptors (Lipinski definition) is 7. The minimum Gasteiger partial charge on any atom is -0.496 e. The zero-order valence-electron chi connectivity index (χ0n) is 15.8. The molecule has 2 N–H and O–H groups in total. The molecule has 0 fully saturated rings. The predicted octanol–water partition coefficient (Wildman–Crippen LogP) is 2.91. The molecule has 0 amide bonds. The van der Waals surface area contributed by atoms with Crippen molar-refractivity contribution in [3.05, 3.63) is 40.7 Å². The van der Waals surface area contributed by atoms with Gasteiger partial charge in [0.15, 0.2) is 5.13 Å². The summed E-state index contributed by atoms with van der Waals surface area (Å²) in [5.41, 5.74) is 3.66. The molecule has 3 aromatic rings. The number of nitrogens with one attached hydrogen (secondary N) is 2. The van der Waals surface area contributed by atoms with Crippen molar-refractivity contribution >= 4 is 32.2 Å². The van der Waals surface area contributed by atoms with Crippen LogP contribution in [0.1, 0.15) is 16.3 Å².